The highest BCUT2D eigenvalue weighted by Gasteiger charge is 2.16. The quantitative estimate of drug-likeness (QED) is 0.890. The van der Waals surface area contributed by atoms with Crippen LogP contribution in [0.25, 0.3) is 0 Å². The number of nitrogens with zero attached hydrogens (tertiary/aromatic N) is 1. The van der Waals surface area contributed by atoms with E-state index < -0.39 is 6.10 Å². The Morgan fingerprint density at radius 1 is 1.20 bits per heavy atom. The lowest BCUT2D eigenvalue weighted by atomic mass is 10.1. The summed E-state index contributed by atoms with van der Waals surface area (Å²) in [7, 11) is 0. The van der Waals surface area contributed by atoms with Crippen LogP contribution in [0.2, 0.25) is 0 Å². The zero-order chi connectivity index (χ0) is 14.5. The van der Waals surface area contributed by atoms with Crippen LogP contribution in [0.4, 0.5) is 0 Å². The summed E-state index contributed by atoms with van der Waals surface area (Å²) in [5, 5.41) is 10.1. The highest BCUT2D eigenvalue weighted by Crippen LogP contribution is 2.25. The lowest BCUT2D eigenvalue weighted by molar-refractivity contribution is 0.00454. The highest BCUT2D eigenvalue weighted by molar-refractivity contribution is 5.44. The molecule has 1 saturated heterocycles. The number of hydrogen-bond acceptors (Lipinski definition) is 4. The molecule has 0 amide bonds. The first-order valence-electron chi connectivity index (χ1n) is 7.25. The van der Waals surface area contributed by atoms with Gasteiger partial charge in [0, 0.05) is 19.6 Å². The lowest BCUT2D eigenvalue weighted by Gasteiger charge is -2.28. The second-order valence-electron chi connectivity index (χ2n) is 5.53. The number of hydrogen-bond donors (Lipinski definition) is 1. The van der Waals surface area contributed by atoms with E-state index in [2.05, 4.69) is 30.9 Å². The fourth-order valence-corrected chi connectivity index (χ4v) is 2.46. The molecule has 4 heteroatoms. The van der Waals surface area contributed by atoms with E-state index in [9.17, 15) is 5.11 Å². The van der Waals surface area contributed by atoms with Crippen LogP contribution in [0.1, 0.15) is 16.7 Å². The summed E-state index contributed by atoms with van der Waals surface area (Å²) in [5.74, 6) is 0.908. The molecule has 1 aliphatic heterocycles. The monoisotopic (exact) mass is 279 g/mol. The fraction of sp³-hybridized carbons (Fsp3) is 0.625. The van der Waals surface area contributed by atoms with Gasteiger partial charge in [0.2, 0.25) is 0 Å². The Morgan fingerprint density at radius 3 is 2.55 bits per heavy atom. The van der Waals surface area contributed by atoms with Crippen LogP contribution in [0.3, 0.4) is 0 Å². The lowest BCUT2D eigenvalue weighted by Crippen LogP contribution is -2.42. The standard InChI is InChI=1S/C16H25NO3/c1-12-4-5-13(2)16(14(12)3)20-11-15(18)10-17-6-8-19-9-7-17/h4-5,15,18H,6-11H2,1-3H3. The van der Waals surface area contributed by atoms with Crippen molar-refractivity contribution in [1.82, 2.24) is 4.90 Å². The Morgan fingerprint density at radius 2 is 1.85 bits per heavy atom. The average Bonchev–Trinajstić information content (AvgIpc) is 2.44. The van der Waals surface area contributed by atoms with Crippen molar-refractivity contribution < 1.29 is 14.6 Å². The number of aryl methyl sites for hydroxylation is 2. The van der Waals surface area contributed by atoms with E-state index in [0.29, 0.717) is 13.2 Å². The number of aliphatic hydroxyl groups excluding tert-OH is 1. The van der Waals surface area contributed by atoms with Crippen molar-refractivity contribution >= 4 is 0 Å². The molecule has 112 valence electrons. The molecule has 2 rings (SSSR count). The van der Waals surface area contributed by atoms with Gasteiger partial charge in [-0.15, -0.1) is 0 Å². The predicted molar refractivity (Wildman–Crippen MR) is 79.4 cm³/mol. The van der Waals surface area contributed by atoms with Gasteiger partial charge in [0.15, 0.2) is 0 Å². The summed E-state index contributed by atoms with van der Waals surface area (Å²) in [4.78, 5) is 2.22. The minimum atomic E-state index is -0.465. The Balaban J connectivity index is 1.86. The summed E-state index contributed by atoms with van der Waals surface area (Å²) in [6.45, 7) is 10.4. The maximum absolute atomic E-state index is 10.1. The van der Waals surface area contributed by atoms with Crippen molar-refractivity contribution in [1.29, 1.82) is 0 Å². The van der Waals surface area contributed by atoms with Gasteiger partial charge in [-0.3, -0.25) is 4.90 Å². The highest BCUT2D eigenvalue weighted by atomic mass is 16.5. The van der Waals surface area contributed by atoms with Crippen LogP contribution < -0.4 is 4.74 Å². The number of rotatable bonds is 5. The van der Waals surface area contributed by atoms with Gasteiger partial charge < -0.3 is 14.6 Å². The topological polar surface area (TPSA) is 41.9 Å². The Bertz CT molecular complexity index is 442. The summed E-state index contributed by atoms with van der Waals surface area (Å²) < 4.78 is 11.1. The minimum absolute atomic E-state index is 0.336. The first kappa shape index (κ1) is 15.3. The van der Waals surface area contributed by atoms with Crippen LogP contribution in [0.5, 0.6) is 5.75 Å². The molecule has 1 heterocycles. The molecular formula is C16H25NO3. The van der Waals surface area contributed by atoms with E-state index in [0.717, 1.165) is 43.2 Å². The third kappa shape index (κ3) is 3.95. The van der Waals surface area contributed by atoms with Gasteiger partial charge >= 0.3 is 0 Å². The SMILES string of the molecule is Cc1ccc(C)c(OCC(O)CN2CCOCC2)c1C. The molecule has 0 aliphatic carbocycles. The first-order chi connectivity index (χ1) is 9.58. The number of ether oxygens (including phenoxy) is 2. The Hall–Kier alpha value is -1.10. The summed E-state index contributed by atoms with van der Waals surface area (Å²) >= 11 is 0. The van der Waals surface area contributed by atoms with Crippen LogP contribution in [0.15, 0.2) is 12.1 Å². The van der Waals surface area contributed by atoms with E-state index in [1.54, 1.807) is 0 Å². The molecule has 1 N–H and O–H groups in total. The van der Waals surface area contributed by atoms with E-state index >= 15 is 0 Å². The van der Waals surface area contributed by atoms with Gasteiger partial charge in [0.05, 0.1) is 13.2 Å². The van der Waals surface area contributed by atoms with Crippen LogP contribution in [0, 0.1) is 20.8 Å². The number of β-amino-alcohol motifs (C(OH)–C–C–N with tert-alkyl or cyclic N) is 1. The molecule has 4 nitrogen and oxygen atoms in total. The van der Waals surface area contributed by atoms with Gasteiger partial charge in [0.25, 0.3) is 0 Å². The van der Waals surface area contributed by atoms with Gasteiger partial charge in [-0.1, -0.05) is 12.1 Å². The number of aliphatic hydroxyl groups is 1. The van der Waals surface area contributed by atoms with Gasteiger partial charge in [-0.25, -0.2) is 0 Å². The number of benzene rings is 1. The van der Waals surface area contributed by atoms with Crippen molar-refractivity contribution in [3.05, 3.63) is 28.8 Å². The van der Waals surface area contributed by atoms with Gasteiger partial charge in [0.1, 0.15) is 18.5 Å². The Labute approximate surface area is 121 Å². The van der Waals surface area contributed by atoms with Gasteiger partial charge in [-0.05, 0) is 37.5 Å². The van der Waals surface area contributed by atoms with Crippen LogP contribution in [-0.2, 0) is 4.74 Å². The second kappa shape index (κ2) is 7.07. The molecule has 0 aromatic heterocycles. The van der Waals surface area contributed by atoms with Crippen molar-refractivity contribution in [3.8, 4) is 5.75 Å². The minimum Gasteiger partial charge on any atom is -0.490 e. The molecule has 1 unspecified atom stereocenters. The molecule has 0 spiro atoms. The molecule has 0 radical (unpaired) electrons. The molecule has 1 aromatic carbocycles. The normalized spacial score (nSPS) is 18.0. The molecular weight excluding hydrogens is 254 g/mol. The van der Waals surface area contributed by atoms with Crippen LogP contribution in [-0.4, -0.2) is 55.6 Å². The number of morpholine rings is 1. The third-order valence-corrected chi connectivity index (χ3v) is 3.87. The zero-order valence-electron chi connectivity index (χ0n) is 12.7. The molecule has 20 heavy (non-hydrogen) atoms. The average molecular weight is 279 g/mol. The van der Waals surface area contributed by atoms with Crippen molar-refractivity contribution in [3.63, 3.8) is 0 Å². The van der Waals surface area contributed by atoms with Crippen molar-refractivity contribution in [2.75, 3.05) is 39.5 Å². The summed E-state index contributed by atoms with van der Waals surface area (Å²) in [5.41, 5.74) is 3.49. The molecule has 1 aliphatic rings. The van der Waals surface area contributed by atoms with Crippen LogP contribution >= 0.6 is 0 Å². The molecule has 1 aromatic rings. The molecule has 1 fully saturated rings. The smallest absolute Gasteiger partial charge is 0.125 e. The van der Waals surface area contributed by atoms with Gasteiger partial charge in [-0.2, -0.15) is 0 Å². The summed E-state index contributed by atoms with van der Waals surface area (Å²) in [6.07, 6.45) is -0.465. The second-order valence-corrected chi connectivity index (χ2v) is 5.53. The maximum Gasteiger partial charge on any atom is 0.125 e. The van der Waals surface area contributed by atoms with E-state index in [-0.39, 0.29) is 0 Å². The van der Waals surface area contributed by atoms with E-state index in [1.165, 1.54) is 5.56 Å². The van der Waals surface area contributed by atoms with E-state index in [1.807, 2.05) is 6.92 Å². The molecule has 0 bridgehead atoms. The third-order valence-electron chi connectivity index (χ3n) is 3.87. The molecule has 0 saturated carbocycles. The Kier molecular flexibility index (Phi) is 5.40. The van der Waals surface area contributed by atoms with Crippen molar-refractivity contribution in [2.24, 2.45) is 0 Å². The summed E-state index contributed by atoms with van der Waals surface area (Å²) in [6, 6.07) is 4.16. The maximum atomic E-state index is 10.1. The van der Waals surface area contributed by atoms with Crippen molar-refractivity contribution in [2.45, 2.75) is 26.9 Å². The largest absolute Gasteiger partial charge is 0.490 e. The molecule has 1 atom stereocenters. The zero-order valence-corrected chi connectivity index (χ0v) is 12.7. The first-order valence-corrected chi connectivity index (χ1v) is 7.25. The fourth-order valence-electron chi connectivity index (χ4n) is 2.46. The predicted octanol–water partition coefficient (Wildman–Crippen LogP) is 1.68. The van der Waals surface area contributed by atoms with E-state index in [4.69, 9.17) is 9.47 Å².